The van der Waals surface area contributed by atoms with Gasteiger partial charge in [-0.3, -0.25) is 0 Å². The molecule has 0 heterocycles. The largest absolute Gasteiger partial charge is 0.0891 e. The van der Waals surface area contributed by atoms with Crippen LogP contribution in [0.2, 0.25) is 0 Å². The molecule has 1 heteroatoms. The first-order valence-electron chi connectivity index (χ1n) is 4.41. The van der Waals surface area contributed by atoms with Gasteiger partial charge in [0, 0.05) is 0 Å². The van der Waals surface area contributed by atoms with E-state index in [0.29, 0.717) is 0 Å². The third-order valence-corrected chi connectivity index (χ3v) is 3.68. The predicted octanol–water partition coefficient (Wildman–Crippen LogP) is 2.96. The first-order chi connectivity index (χ1) is 4.88. The summed E-state index contributed by atoms with van der Waals surface area (Å²) in [5.74, 6) is 1.70. The van der Waals surface area contributed by atoms with Crippen molar-refractivity contribution in [2.24, 2.45) is 11.8 Å². The van der Waals surface area contributed by atoms with Crippen LogP contribution in [-0.4, -0.2) is 4.86 Å². The lowest BCUT2D eigenvalue weighted by molar-refractivity contribution is 0.356. The van der Waals surface area contributed by atoms with Gasteiger partial charge in [-0.05, 0) is 42.4 Å². The topological polar surface area (TPSA) is 0 Å². The first-order valence-corrected chi connectivity index (χ1v) is 4.82. The summed E-state index contributed by atoms with van der Waals surface area (Å²) < 4.78 is 0. The molecular formula is C9H14S. The van der Waals surface area contributed by atoms with Crippen LogP contribution in [0.3, 0.4) is 0 Å². The van der Waals surface area contributed by atoms with Crippen molar-refractivity contribution in [3.8, 4) is 0 Å². The fourth-order valence-electron chi connectivity index (χ4n) is 2.41. The van der Waals surface area contributed by atoms with Crippen molar-refractivity contribution in [1.82, 2.24) is 0 Å². The molecule has 0 aliphatic heterocycles. The van der Waals surface area contributed by atoms with Crippen molar-refractivity contribution in [1.29, 1.82) is 0 Å². The van der Waals surface area contributed by atoms with Crippen molar-refractivity contribution in [3.63, 3.8) is 0 Å². The fourth-order valence-corrected chi connectivity index (χ4v) is 2.88. The summed E-state index contributed by atoms with van der Waals surface area (Å²) in [7, 11) is 0. The molecule has 0 amide bonds. The van der Waals surface area contributed by atoms with Gasteiger partial charge in [0.15, 0.2) is 0 Å². The summed E-state index contributed by atoms with van der Waals surface area (Å²) in [5, 5.41) is 0. The third-order valence-electron chi connectivity index (χ3n) is 3.02. The number of hydrogen-bond acceptors (Lipinski definition) is 1. The molecule has 0 aromatic heterocycles. The average molecular weight is 154 g/mol. The van der Waals surface area contributed by atoms with Crippen molar-refractivity contribution in [2.75, 3.05) is 0 Å². The molecule has 56 valence electrons. The Bertz CT molecular complexity index is 127. The van der Waals surface area contributed by atoms with Crippen LogP contribution in [0.25, 0.3) is 0 Å². The molecule has 2 rings (SSSR count). The standard InChI is InChI=1S/C9H14S/c10-9-7-3-1-4-8(9)6-2-5-7/h7-8H,1-6H2. The Kier molecular flexibility index (Phi) is 1.77. The van der Waals surface area contributed by atoms with Gasteiger partial charge >= 0.3 is 0 Å². The summed E-state index contributed by atoms with van der Waals surface area (Å²) in [6.45, 7) is 0. The molecule has 2 aliphatic carbocycles. The molecule has 10 heavy (non-hydrogen) atoms. The maximum absolute atomic E-state index is 5.40. The van der Waals surface area contributed by atoms with Crippen LogP contribution in [0.15, 0.2) is 0 Å². The predicted molar refractivity (Wildman–Crippen MR) is 47.3 cm³/mol. The van der Waals surface area contributed by atoms with Crippen molar-refractivity contribution >= 4 is 17.1 Å². The maximum atomic E-state index is 5.40. The highest BCUT2D eigenvalue weighted by molar-refractivity contribution is 7.80. The van der Waals surface area contributed by atoms with Crippen molar-refractivity contribution in [3.05, 3.63) is 0 Å². The molecule has 0 aromatic carbocycles. The minimum Gasteiger partial charge on any atom is -0.0891 e. The molecule has 2 fully saturated rings. The zero-order valence-corrected chi connectivity index (χ0v) is 7.12. The number of hydrogen-bond donors (Lipinski definition) is 0. The van der Waals surface area contributed by atoms with Crippen LogP contribution >= 0.6 is 12.2 Å². The molecule has 2 bridgehead atoms. The van der Waals surface area contributed by atoms with Gasteiger partial charge in [-0.25, -0.2) is 0 Å². The Labute approximate surface area is 68.0 Å². The van der Waals surface area contributed by atoms with Crippen LogP contribution in [0.1, 0.15) is 38.5 Å². The minimum absolute atomic E-state index is 0.850. The molecule has 2 saturated carbocycles. The van der Waals surface area contributed by atoms with E-state index in [1.807, 2.05) is 0 Å². The van der Waals surface area contributed by atoms with E-state index in [1.165, 1.54) is 43.4 Å². The van der Waals surface area contributed by atoms with Crippen LogP contribution in [0.5, 0.6) is 0 Å². The second-order valence-corrected chi connectivity index (χ2v) is 4.13. The second kappa shape index (κ2) is 2.61. The summed E-state index contributed by atoms with van der Waals surface area (Å²) in [6.07, 6.45) is 8.47. The summed E-state index contributed by atoms with van der Waals surface area (Å²) in [4.78, 5) is 1.43. The van der Waals surface area contributed by atoms with Gasteiger partial charge in [0.2, 0.25) is 0 Å². The molecule has 0 radical (unpaired) electrons. The molecule has 0 saturated heterocycles. The summed E-state index contributed by atoms with van der Waals surface area (Å²) >= 11 is 5.40. The quantitative estimate of drug-likeness (QED) is 0.483. The maximum Gasteiger partial charge on any atom is -0.000970 e. The van der Waals surface area contributed by atoms with Crippen LogP contribution in [-0.2, 0) is 0 Å². The summed E-state index contributed by atoms with van der Waals surface area (Å²) in [5.41, 5.74) is 0. The third kappa shape index (κ3) is 1.01. The summed E-state index contributed by atoms with van der Waals surface area (Å²) in [6, 6.07) is 0. The fraction of sp³-hybridized carbons (Fsp3) is 0.889. The monoisotopic (exact) mass is 154 g/mol. The number of fused-ring (bicyclic) bond motifs is 2. The lowest BCUT2D eigenvalue weighted by Crippen LogP contribution is -2.30. The Morgan fingerprint density at radius 3 is 1.60 bits per heavy atom. The molecule has 2 aliphatic rings. The highest BCUT2D eigenvalue weighted by Gasteiger charge is 2.30. The Morgan fingerprint density at radius 1 is 0.900 bits per heavy atom. The van der Waals surface area contributed by atoms with E-state index in [4.69, 9.17) is 12.2 Å². The van der Waals surface area contributed by atoms with E-state index >= 15 is 0 Å². The molecule has 0 aromatic rings. The van der Waals surface area contributed by atoms with Gasteiger partial charge in [0.05, 0.1) is 0 Å². The second-order valence-electron chi connectivity index (χ2n) is 3.66. The van der Waals surface area contributed by atoms with Gasteiger partial charge in [-0.2, -0.15) is 0 Å². The highest BCUT2D eigenvalue weighted by atomic mass is 32.1. The smallest absolute Gasteiger partial charge is 0.000970 e. The molecule has 0 atom stereocenters. The van der Waals surface area contributed by atoms with Gasteiger partial charge in [-0.15, -0.1) is 0 Å². The zero-order chi connectivity index (χ0) is 6.97. The Hall–Kier alpha value is 0.0900. The molecule has 0 nitrogen and oxygen atoms in total. The van der Waals surface area contributed by atoms with E-state index in [-0.39, 0.29) is 0 Å². The van der Waals surface area contributed by atoms with Gasteiger partial charge in [-0.1, -0.05) is 25.1 Å². The van der Waals surface area contributed by atoms with Gasteiger partial charge in [0.1, 0.15) is 0 Å². The lowest BCUT2D eigenvalue weighted by Gasteiger charge is -2.35. The van der Waals surface area contributed by atoms with Crippen LogP contribution in [0, 0.1) is 11.8 Å². The van der Waals surface area contributed by atoms with Gasteiger partial charge in [0.25, 0.3) is 0 Å². The van der Waals surface area contributed by atoms with E-state index in [1.54, 1.807) is 0 Å². The van der Waals surface area contributed by atoms with E-state index < -0.39 is 0 Å². The number of thiocarbonyl (C=S) groups is 1. The normalized spacial score (nSPS) is 39.8. The zero-order valence-electron chi connectivity index (χ0n) is 6.31. The minimum atomic E-state index is 0.850. The lowest BCUT2D eigenvalue weighted by atomic mass is 9.72. The highest BCUT2D eigenvalue weighted by Crippen LogP contribution is 2.37. The molecular weight excluding hydrogens is 140 g/mol. The van der Waals surface area contributed by atoms with E-state index in [0.717, 1.165) is 11.8 Å². The van der Waals surface area contributed by atoms with Crippen LogP contribution < -0.4 is 0 Å². The first kappa shape index (κ1) is 6.78. The SMILES string of the molecule is S=C1C2CCCC1CCC2. The van der Waals surface area contributed by atoms with Crippen LogP contribution in [0.4, 0.5) is 0 Å². The average Bonchev–Trinajstić information content (AvgIpc) is 1.86. The molecule has 0 spiro atoms. The Balaban J connectivity index is 2.12. The van der Waals surface area contributed by atoms with E-state index in [9.17, 15) is 0 Å². The molecule has 0 unspecified atom stereocenters. The van der Waals surface area contributed by atoms with Gasteiger partial charge < -0.3 is 0 Å². The van der Waals surface area contributed by atoms with E-state index in [2.05, 4.69) is 0 Å². The molecule has 0 N–H and O–H groups in total. The van der Waals surface area contributed by atoms with Crippen molar-refractivity contribution in [2.45, 2.75) is 38.5 Å². The number of rotatable bonds is 0. The Morgan fingerprint density at radius 2 is 1.30 bits per heavy atom. The van der Waals surface area contributed by atoms with Crippen molar-refractivity contribution < 1.29 is 0 Å².